The zero-order valence-electron chi connectivity index (χ0n) is 7.07. The monoisotopic (exact) mass is 162 g/mol. The molecule has 1 N–H and O–H groups in total. The molecule has 2 aromatic heterocycles. The average Bonchev–Trinajstić information content (AvgIpc) is 2.41. The van der Waals surface area contributed by atoms with Crippen LogP contribution in [0.3, 0.4) is 0 Å². The first-order valence-corrected chi connectivity index (χ1v) is 3.80. The normalized spacial score (nSPS) is 10.8. The Bertz CT molecular complexity index is 431. The third-order valence-corrected chi connectivity index (χ3v) is 2.14. The van der Waals surface area contributed by atoms with E-state index in [0.717, 1.165) is 16.6 Å². The molecule has 0 fully saturated rings. The fraction of sp³-hybridized carbons (Fsp3) is 0.222. The fourth-order valence-corrected chi connectivity index (χ4v) is 1.33. The molecule has 0 saturated heterocycles. The van der Waals surface area contributed by atoms with Crippen molar-refractivity contribution in [2.45, 2.75) is 6.92 Å². The lowest BCUT2D eigenvalue weighted by atomic mass is 10.2. The zero-order chi connectivity index (χ0) is 8.72. The summed E-state index contributed by atoms with van der Waals surface area (Å²) in [5.41, 5.74) is 1.80. The van der Waals surface area contributed by atoms with Crippen molar-refractivity contribution in [3.63, 3.8) is 0 Å². The Morgan fingerprint density at radius 2 is 2.25 bits per heavy atom. The van der Waals surface area contributed by atoms with E-state index in [1.165, 1.54) is 6.20 Å². The summed E-state index contributed by atoms with van der Waals surface area (Å²) in [6.45, 7) is 1.89. The second kappa shape index (κ2) is 2.24. The minimum Gasteiger partial charge on any atom is -0.506 e. The Balaban J connectivity index is 2.93. The summed E-state index contributed by atoms with van der Waals surface area (Å²) >= 11 is 0. The van der Waals surface area contributed by atoms with Gasteiger partial charge in [0.1, 0.15) is 11.4 Å². The van der Waals surface area contributed by atoms with Crippen molar-refractivity contribution in [2.24, 2.45) is 7.05 Å². The number of hydrogen-bond donors (Lipinski definition) is 1. The molecule has 2 aromatic rings. The summed E-state index contributed by atoms with van der Waals surface area (Å²) < 4.78 is 1.93. The topological polar surface area (TPSA) is 38.1 Å². The van der Waals surface area contributed by atoms with Gasteiger partial charge in [-0.3, -0.25) is 0 Å². The maximum atomic E-state index is 9.35. The Hall–Kier alpha value is -1.51. The zero-order valence-corrected chi connectivity index (χ0v) is 7.07. The highest BCUT2D eigenvalue weighted by molar-refractivity contribution is 5.81. The van der Waals surface area contributed by atoms with E-state index < -0.39 is 0 Å². The van der Waals surface area contributed by atoms with E-state index in [9.17, 15) is 5.11 Å². The lowest BCUT2D eigenvalue weighted by Gasteiger charge is -1.99. The van der Waals surface area contributed by atoms with Crippen molar-refractivity contribution >= 4 is 11.0 Å². The first kappa shape index (κ1) is 7.16. The van der Waals surface area contributed by atoms with Gasteiger partial charge in [-0.2, -0.15) is 0 Å². The molecule has 0 atom stereocenters. The van der Waals surface area contributed by atoms with E-state index in [2.05, 4.69) is 4.98 Å². The number of hydrogen-bond acceptors (Lipinski definition) is 2. The van der Waals surface area contributed by atoms with Gasteiger partial charge in [0.05, 0.1) is 6.20 Å². The Morgan fingerprint density at radius 1 is 1.50 bits per heavy atom. The first-order chi connectivity index (χ1) is 5.70. The molecule has 0 unspecified atom stereocenters. The maximum Gasteiger partial charge on any atom is 0.140 e. The molecule has 2 heterocycles. The van der Waals surface area contributed by atoms with E-state index >= 15 is 0 Å². The summed E-state index contributed by atoms with van der Waals surface area (Å²) in [6.07, 6.45) is 3.42. The molecule has 0 spiro atoms. The summed E-state index contributed by atoms with van der Waals surface area (Å²) in [4.78, 5) is 4.11. The van der Waals surface area contributed by atoms with Crippen molar-refractivity contribution in [1.82, 2.24) is 9.55 Å². The summed E-state index contributed by atoms with van der Waals surface area (Å²) in [7, 11) is 1.94. The molecule has 0 amide bonds. The van der Waals surface area contributed by atoms with Gasteiger partial charge in [0, 0.05) is 24.2 Å². The van der Waals surface area contributed by atoms with E-state index in [1.807, 2.05) is 30.8 Å². The molecular formula is C9H10N2O. The highest BCUT2D eigenvalue weighted by Crippen LogP contribution is 2.23. The van der Waals surface area contributed by atoms with Crippen LogP contribution in [-0.2, 0) is 7.05 Å². The van der Waals surface area contributed by atoms with Crippen molar-refractivity contribution in [1.29, 1.82) is 0 Å². The molecule has 0 saturated carbocycles. The van der Waals surface area contributed by atoms with Crippen molar-refractivity contribution < 1.29 is 5.11 Å². The van der Waals surface area contributed by atoms with Crippen LogP contribution >= 0.6 is 0 Å². The minimum atomic E-state index is 0.258. The van der Waals surface area contributed by atoms with Gasteiger partial charge in [-0.1, -0.05) is 0 Å². The van der Waals surface area contributed by atoms with Crippen LogP contribution in [0.1, 0.15) is 5.56 Å². The second-order valence-electron chi connectivity index (χ2n) is 2.93. The number of fused-ring (bicyclic) bond motifs is 1. The van der Waals surface area contributed by atoms with Gasteiger partial charge in [-0.15, -0.1) is 0 Å². The van der Waals surface area contributed by atoms with Gasteiger partial charge in [0.15, 0.2) is 0 Å². The molecule has 12 heavy (non-hydrogen) atoms. The number of aromatic hydroxyl groups is 1. The van der Waals surface area contributed by atoms with Crippen molar-refractivity contribution in [2.75, 3.05) is 0 Å². The van der Waals surface area contributed by atoms with E-state index in [-0.39, 0.29) is 5.75 Å². The maximum absolute atomic E-state index is 9.35. The van der Waals surface area contributed by atoms with Gasteiger partial charge >= 0.3 is 0 Å². The molecule has 0 aliphatic heterocycles. The first-order valence-electron chi connectivity index (χ1n) is 3.80. The van der Waals surface area contributed by atoms with Crippen LogP contribution in [0.4, 0.5) is 0 Å². The molecular weight excluding hydrogens is 152 g/mol. The predicted molar refractivity (Wildman–Crippen MR) is 47.1 cm³/mol. The second-order valence-corrected chi connectivity index (χ2v) is 2.93. The van der Waals surface area contributed by atoms with Crippen LogP contribution in [-0.4, -0.2) is 14.7 Å². The fourth-order valence-electron chi connectivity index (χ4n) is 1.33. The standard InChI is InChI=1S/C9H10N2O/c1-6-7-3-4-11(2)9(7)10-5-8(6)12/h3-5,12H,1-2H3. The van der Waals surface area contributed by atoms with E-state index in [4.69, 9.17) is 0 Å². The lowest BCUT2D eigenvalue weighted by Crippen LogP contribution is -1.88. The minimum absolute atomic E-state index is 0.258. The molecule has 0 aliphatic carbocycles. The summed E-state index contributed by atoms with van der Waals surface area (Å²) in [6, 6.07) is 1.96. The smallest absolute Gasteiger partial charge is 0.140 e. The van der Waals surface area contributed by atoms with E-state index in [0.29, 0.717) is 0 Å². The van der Waals surface area contributed by atoms with E-state index in [1.54, 1.807) is 0 Å². The molecule has 62 valence electrons. The third kappa shape index (κ3) is 0.794. The Kier molecular flexibility index (Phi) is 1.33. The Morgan fingerprint density at radius 3 is 3.00 bits per heavy atom. The van der Waals surface area contributed by atoms with Crippen LogP contribution in [0.25, 0.3) is 11.0 Å². The molecule has 3 heteroatoms. The quantitative estimate of drug-likeness (QED) is 0.638. The number of pyridine rings is 1. The van der Waals surface area contributed by atoms with Gasteiger partial charge in [0.2, 0.25) is 0 Å². The Labute approximate surface area is 70.3 Å². The highest BCUT2D eigenvalue weighted by atomic mass is 16.3. The van der Waals surface area contributed by atoms with Crippen molar-refractivity contribution in [3.8, 4) is 5.75 Å². The van der Waals surface area contributed by atoms with Crippen molar-refractivity contribution in [3.05, 3.63) is 24.0 Å². The van der Waals surface area contributed by atoms with Gasteiger partial charge in [-0.05, 0) is 13.0 Å². The van der Waals surface area contributed by atoms with Crippen LogP contribution in [0.15, 0.2) is 18.5 Å². The van der Waals surface area contributed by atoms with Crippen LogP contribution in [0.5, 0.6) is 5.75 Å². The molecule has 0 radical (unpaired) electrons. The number of aryl methyl sites for hydroxylation is 2. The van der Waals surface area contributed by atoms with Crippen LogP contribution in [0, 0.1) is 6.92 Å². The van der Waals surface area contributed by atoms with Gasteiger partial charge in [0.25, 0.3) is 0 Å². The SMILES string of the molecule is Cc1c(O)cnc2c1ccn2C. The summed E-state index contributed by atoms with van der Waals surface area (Å²) in [5.74, 6) is 0.258. The molecule has 0 aliphatic rings. The van der Waals surface area contributed by atoms with Crippen LogP contribution in [0.2, 0.25) is 0 Å². The third-order valence-electron chi connectivity index (χ3n) is 2.14. The molecule has 0 aromatic carbocycles. The highest BCUT2D eigenvalue weighted by Gasteiger charge is 2.04. The summed E-state index contributed by atoms with van der Waals surface area (Å²) in [5, 5.41) is 10.4. The average molecular weight is 162 g/mol. The lowest BCUT2D eigenvalue weighted by molar-refractivity contribution is 0.470. The molecule has 2 rings (SSSR count). The van der Waals surface area contributed by atoms with Crippen LogP contribution < -0.4 is 0 Å². The van der Waals surface area contributed by atoms with Gasteiger partial charge in [-0.25, -0.2) is 4.98 Å². The number of aromatic nitrogens is 2. The number of nitrogens with zero attached hydrogens (tertiary/aromatic N) is 2. The molecule has 3 nitrogen and oxygen atoms in total. The predicted octanol–water partition coefficient (Wildman–Crippen LogP) is 1.59. The largest absolute Gasteiger partial charge is 0.506 e. The molecule has 0 bridgehead atoms. The van der Waals surface area contributed by atoms with Gasteiger partial charge < -0.3 is 9.67 Å². The number of rotatable bonds is 0.